The van der Waals surface area contributed by atoms with Crippen molar-refractivity contribution in [1.82, 2.24) is 0 Å². The molecule has 0 heterocycles. The minimum absolute atomic E-state index is 1.27. The van der Waals surface area contributed by atoms with Crippen LogP contribution in [-0.4, -0.2) is 0 Å². The summed E-state index contributed by atoms with van der Waals surface area (Å²) in [5.41, 5.74) is 5.20. The van der Waals surface area contributed by atoms with E-state index in [-0.39, 0.29) is 0 Å². The molecule has 0 bridgehead atoms. The quantitative estimate of drug-likeness (QED) is 0.257. The molecule has 2 heteroatoms. The number of rotatable bonds is 3. The summed E-state index contributed by atoms with van der Waals surface area (Å²) in [7, 11) is 0. The maximum Gasteiger partial charge on any atom is 0.0284 e. The molecule has 2 rings (SSSR count). The van der Waals surface area contributed by atoms with Gasteiger partial charge in [0, 0.05) is 3.58 Å². The number of hydrogen-bond donors (Lipinski definition) is 0. The average molecular weight is 486 g/mol. The highest BCUT2D eigenvalue weighted by Crippen LogP contribution is 2.38. The van der Waals surface area contributed by atoms with Crippen LogP contribution in [0, 0.1) is 0 Å². The summed E-state index contributed by atoms with van der Waals surface area (Å²) < 4.78 is 2.62. The molecule has 20 heavy (non-hydrogen) atoms. The maximum atomic E-state index is 2.46. The topological polar surface area (TPSA) is 0 Å². The van der Waals surface area contributed by atoms with Gasteiger partial charge in [-0.25, -0.2) is 0 Å². The van der Waals surface area contributed by atoms with E-state index >= 15 is 0 Å². The summed E-state index contributed by atoms with van der Waals surface area (Å²) in [5.74, 6) is 0. The van der Waals surface area contributed by atoms with E-state index in [2.05, 4.69) is 120 Å². The van der Waals surface area contributed by atoms with Crippen molar-refractivity contribution in [2.75, 3.05) is 0 Å². The van der Waals surface area contributed by atoms with Crippen molar-refractivity contribution in [3.63, 3.8) is 0 Å². The summed E-state index contributed by atoms with van der Waals surface area (Å²) in [5, 5.41) is 0. The van der Waals surface area contributed by atoms with E-state index in [1.807, 2.05) is 0 Å². The SMILES string of the molecule is C/C(I)=C(C)\C(=C(\I)c1ccccc1)c1ccccc1. The molecule has 102 valence electrons. The minimum atomic E-state index is 1.27. The molecule has 0 aromatic heterocycles. The van der Waals surface area contributed by atoms with Gasteiger partial charge < -0.3 is 0 Å². The molecule has 0 aliphatic rings. The fraction of sp³-hybridized carbons (Fsp3) is 0.111. The lowest BCUT2D eigenvalue weighted by molar-refractivity contribution is 1.46. The number of halogens is 2. The fourth-order valence-electron chi connectivity index (χ4n) is 2.01. The predicted molar refractivity (Wildman–Crippen MR) is 106 cm³/mol. The third-order valence-corrected chi connectivity index (χ3v) is 5.17. The van der Waals surface area contributed by atoms with Crippen molar-refractivity contribution < 1.29 is 0 Å². The molecule has 0 saturated heterocycles. The Bertz CT molecular complexity index is 634. The van der Waals surface area contributed by atoms with Crippen molar-refractivity contribution in [2.45, 2.75) is 13.8 Å². The van der Waals surface area contributed by atoms with E-state index in [4.69, 9.17) is 0 Å². The van der Waals surface area contributed by atoms with E-state index in [9.17, 15) is 0 Å². The van der Waals surface area contributed by atoms with Crippen LogP contribution in [0.2, 0.25) is 0 Å². The van der Waals surface area contributed by atoms with Gasteiger partial charge in [0.1, 0.15) is 0 Å². The Morgan fingerprint density at radius 2 is 1.15 bits per heavy atom. The number of benzene rings is 2. The molecule has 2 aromatic carbocycles. The standard InChI is InChI=1S/C18H16I2/c1-13(14(2)19)17(15-9-5-3-6-10-15)18(20)16-11-7-4-8-12-16/h3-12H,1-2H3/b14-13+,18-17-. The average Bonchev–Trinajstić information content (AvgIpc) is 2.49. The molecule has 0 atom stereocenters. The normalized spacial score (nSPS) is 13.6. The van der Waals surface area contributed by atoms with E-state index in [1.54, 1.807) is 0 Å². The first-order valence-electron chi connectivity index (χ1n) is 6.45. The summed E-state index contributed by atoms with van der Waals surface area (Å²) in [6.07, 6.45) is 0. The molecule has 2 aromatic rings. The largest absolute Gasteiger partial charge is 0.0622 e. The molecule has 0 amide bonds. The molecular weight excluding hydrogens is 470 g/mol. The molecule has 0 spiro atoms. The fourth-order valence-corrected chi connectivity index (χ4v) is 3.36. The van der Waals surface area contributed by atoms with Gasteiger partial charge in [0.15, 0.2) is 0 Å². The van der Waals surface area contributed by atoms with E-state index in [1.165, 1.54) is 29.4 Å². The van der Waals surface area contributed by atoms with Gasteiger partial charge in [-0.3, -0.25) is 0 Å². The van der Waals surface area contributed by atoms with Crippen LogP contribution in [0.3, 0.4) is 0 Å². The molecule has 0 N–H and O–H groups in total. The summed E-state index contributed by atoms with van der Waals surface area (Å²) in [6.45, 7) is 4.36. The lowest BCUT2D eigenvalue weighted by atomic mass is 9.96. The zero-order chi connectivity index (χ0) is 14.5. The van der Waals surface area contributed by atoms with Crippen LogP contribution < -0.4 is 0 Å². The monoisotopic (exact) mass is 486 g/mol. The first kappa shape index (κ1) is 15.8. The first-order chi connectivity index (χ1) is 9.61. The van der Waals surface area contributed by atoms with Gasteiger partial charge in [-0.05, 0) is 84.9 Å². The highest BCUT2D eigenvalue weighted by atomic mass is 127. The van der Waals surface area contributed by atoms with Crippen LogP contribution in [0.15, 0.2) is 69.8 Å². The minimum Gasteiger partial charge on any atom is -0.0622 e. The second-order valence-electron chi connectivity index (χ2n) is 4.58. The van der Waals surface area contributed by atoms with Crippen LogP contribution in [0.4, 0.5) is 0 Å². The smallest absolute Gasteiger partial charge is 0.0284 e. The first-order valence-corrected chi connectivity index (χ1v) is 8.61. The molecule has 0 nitrogen and oxygen atoms in total. The lowest BCUT2D eigenvalue weighted by Gasteiger charge is -2.14. The predicted octanol–water partition coefficient (Wildman–Crippen LogP) is 6.72. The Hall–Kier alpha value is -0.620. The summed E-state index contributed by atoms with van der Waals surface area (Å²) in [4.78, 5) is 0. The van der Waals surface area contributed by atoms with Gasteiger partial charge in [0.2, 0.25) is 0 Å². The molecule has 0 radical (unpaired) electrons. The van der Waals surface area contributed by atoms with Crippen molar-refractivity contribution in [2.24, 2.45) is 0 Å². The summed E-state index contributed by atoms with van der Waals surface area (Å²) >= 11 is 4.87. The van der Waals surface area contributed by atoms with E-state index in [0.717, 1.165) is 0 Å². The van der Waals surface area contributed by atoms with Gasteiger partial charge in [0.05, 0.1) is 0 Å². The molecule has 0 unspecified atom stereocenters. The van der Waals surface area contributed by atoms with Crippen molar-refractivity contribution >= 4 is 54.3 Å². The lowest BCUT2D eigenvalue weighted by Crippen LogP contribution is -1.91. The Balaban J connectivity index is 2.68. The molecular formula is C18H16I2. The molecule has 0 fully saturated rings. The van der Waals surface area contributed by atoms with Crippen molar-refractivity contribution in [3.8, 4) is 0 Å². The Morgan fingerprint density at radius 3 is 1.60 bits per heavy atom. The van der Waals surface area contributed by atoms with Crippen LogP contribution in [0.1, 0.15) is 25.0 Å². The molecule has 0 saturated carbocycles. The Morgan fingerprint density at radius 1 is 0.700 bits per heavy atom. The zero-order valence-electron chi connectivity index (χ0n) is 11.5. The second kappa shape index (κ2) is 7.41. The number of allylic oxidation sites excluding steroid dienone is 3. The molecule has 0 aliphatic carbocycles. The van der Waals surface area contributed by atoms with Crippen molar-refractivity contribution in [3.05, 3.63) is 80.9 Å². The van der Waals surface area contributed by atoms with Gasteiger partial charge >= 0.3 is 0 Å². The van der Waals surface area contributed by atoms with Gasteiger partial charge in [-0.15, -0.1) is 0 Å². The number of hydrogen-bond acceptors (Lipinski definition) is 0. The third-order valence-electron chi connectivity index (χ3n) is 3.20. The third kappa shape index (κ3) is 3.73. The zero-order valence-corrected chi connectivity index (χ0v) is 15.8. The Kier molecular flexibility index (Phi) is 5.84. The highest BCUT2D eigenvalue weighted by molar-refractivity contribution is 14.1. The van der Waals surface area contributed by atoms with Crippen LogP contribution in [0.25, 0.3) is 9.15 Å². The van der Waals surface area contributed by atoms with E-state index in [0.29, 0.717) is 0 Å². The van der Waals surface area contributed by atoms with Gasteiger partial charge in [0.25, 0.3) is 0 Å². The van der Waals surface area contributed by atoms with Crippen LogP contribution in [0.5, 0.6) is 0 Å². The van der Waals surface area contributed by atoms with E-state index < -0.39 is 0 Å². The molecule has 0 aliphatic heterocycles. The van der Waals surface area contributed by atoms with Crippen LogP contribution in [-0.2, 0) is 0 Å². The van der Waals surface area contributed by atoms with Crippen molar-refractivity contribution in [1.29, 1.82) is 0 Å². The van der Waals surface area contributed by atoms with Gasteiger partial charge in [-0.1, -0.05) is 60.7 Å². The Labute approximate surface area is 148 Å². The summed E-state index contributed by atoms with van der Waals surface area (Å²) in [6, 6.07) is 21.2. The van der Waals surface area contributed by atoms with Gasteiger partial charge in [-0.2, -0.15) is 0 Å². The van der Waals surface area contributed by atoms with Crippen LogP contribution >= 0.6 is 45.2 Å². The maximum absolute atomic E-state index is 2.46. The second-order valence-corrected chi connectivity index (χ2v) is 7.28. The highest BCUT2D eigenvalue weighted by Gasteiger charge is 2.12.